The summed E-state index contributed by atoms with van der Waals surface area (Å²) < 4.78 is 1.48. The summed E-state index contributed by atoms with van der Waals surface area (Å²) in [6, 6.07) is 1.65. The van der Waals surface area contributed by atoms with Crippen LogP contribution in [0.15, 0.2) is 18.6 Å². The summed E-state index contributed by atoms with van der Waals surface area (Å²) in [6.45, 7) is -0.287. The number of nitrogens with zero attached hydrogens (tertiary/aromatic N) is 4. The molecule has 0 aliphatic carbocycles. The lowest BCUT2D eigenvalue weighted by molar-refractivity contribution is 0.178. The van der Waals surface area contributed by atoms with Crippen LogP contribution in [0.4, 0.5) is 0 Å². The maximum atomic E-state index is 10.5. The van der Waals surface area contributed by atoms with E-state index in [1.165, 1.54) is 10.8 Å². The van der Waals surface area contributed by atoms with Crippen molar-refractivity contribution in [3.63, 3.8) is 0 Å². The molecule has 5 heteroatoms. The maximum absolute atomic E-state index is 10.5. The lowest BCUT2D eigenvalue weighted by Gasteiger charge is -1.93. The molecule has 1 radical (unpaired) electrons. The molecular formula is C6H5N4O. The zero-order valence-electron chi connectivity index (χ0n) is 5.64. The van der Waals surface area contributed by atoms with Crippen molar-refractivity contribution < 1.29 is 5.11 Å². The Balaban J connectivity index is 2.79. The van der Waals surface area contributed by atoms with Crippen LogP contribution in [0, 0.1) is 0 Å². The largest absolute Gasteiger partial charge is 0.231 e. The molecule has 2 rings (SSSR count). The second kappa shape index (κ2) is 2.28. The van der Waals surface area contributed by atoms with E-state index >= 15 is 0 Å². The highest BCUT2D eigenvalue weighted by atomic mass is 16.3. The molecule has 0 saturated carbocycles. The van der Waals surface area contributed by atoms with Gasteiger partial charge in [-0.25, -0.2) is 9.62 Å². The molecular weight excluding hydrogens is 144 g/mol. The van der Waals surface area contributed by atoms with E-state index in [4.69, 9.17) is 0 Å². The van der Waals surface area contributed by atoms with Crippen LogP contribution in [0.25, 0.3) is 5.65 Å². The van der Waals surface area contributed by atoms with Crippen molar-refractivity contribution in [2.75, 3.05) is 0 Å². The topological polar surface area (TPSA) is 63.0 Å². The van der Waals surface area contributed by atoms with Gasteiger partial charge in [0.2, 0.25) is 0 Å². The molecule has 0 amide bonds. The summed E-state index contributed by atoms with van der Waals surface area (Å²) in [7, 11) is 0. The fourth-order valence-electron chi connectivity index (χ4n) is 0.908. The molecule has 0 atom stereocenters. The Labute approximate surface area is 62.3 Å². The number of hydrogen-bond acceptors (Lipinski definition) is 3. The fraction of sp³-hybridized carbons (Fsp3) is 0.167. The van der Waals surface area contributed by atoms with Gasteiger partial charge in [-0.05, 0) is 6.07 Å². The maximum Gasteiger partial charge on any atom is 0.183 e. The van der Waals surface area contributed by atoms with Crippen molar-refractivity contribution in [1.29, 1.82) is 0 Å². The molecule has 5 nitrogen and oxygen atoms in total. The molecule has 0 aromatic carbocycles. The molecule has 0 unspecified atom stereocenters. The van der Waals surface area contributed by atoms with E-state index in [1.807, 2.05) is 0 Å². The molecule has 0 saturated heterocycles. The third-order valence-corrected chi connectivity index (χ3v) is 1.44. The highest BCUT2D eigenvalue weighted by Crippen LogP contribution is 2.04. The predicted octanol–water partition coefficient (Wildman–Crippen LogP) is 0.0548. The van der Waals surface area contributed by atoms with E-state index < -0.39 is 0 Å². The van der Waals surface area contributed by atoms with Gasteiger partial charge >= 0.3 is 0 Å². The summed E-state index contributed by atoms with van der Waals surface area (Å²) in [4.78, 5) is 0. The van der Waals surface area contributed by atoms with Gasteiger partial charge in [-0.15, -0.1) is 10.2 Å². The molecule has 0 N–H and O–H groups in total. The normalized spacial score (nSPS) is 10.6. The summed E-state index contributed by atoms with van der Waals surface area (Å²) in [5, 5.41) is 21.8. The monoisotopic (exact) mass is 149 g/mol. The van der Waals surface area contributed by atoms with Gasteiger partial charge in [-0.2, -0.15) is 5.10 Å². The van der Waals surface area contributed by atoms with E-state index in [0.717, 1.165) is 0 Å². The average Bonchev–Trinajstić information content (AvgIpc) is 2.50. The smallest absolute Gasteiger partial charge is 0.183 e. The molecule has 2 aromatic rings. The highest BCUT2D eigenvalue weighted by Gasteiger charge is 2.01. The average molecular weight is 149 g/mol. The molecule has 2 aromatic heterocycles. The fourth-order valence-corrected chi connectivity index (χ4v) is 0.908. The molecule has 0 spiro atoms. The Morgan fingerprint density at radius 3 is 3.27 bits per heavy atom. The highest BCUT2D eigenvalue weighted by molar-refractivity contribution is 5.43. The van der Waals surface area contributed by atoms with Crippen molar-refractivity contribution in [2.45, 2.75) is 6.61 Å². The van der Waals surface area contributed by atoms with Crippen LogP contribution in [-0.2, 0) is 11.7 Å². The van der Waals surface area contributed by atoms with Gasteiger partial charge in [0, 0.05) is 11.8 Å². The lowest BCUT2D eigenvalue weighted by Crippen LogP contribution is -1.93. The first-order valence-electron chi connectivity index (χ1n) is 3.14. The van der Waals surface area contributed by atoms with Crippen LogP contribution in [0.5, 0.6) is 0 Å². The van der Waals surface area contributed by atoms with Crippen molar-refractivity contribution in [1.82, 2.24) is 19.8 Å². The Kier molecular flexibility index (Phi) is 1.29. The molecule has 0 aliphatic rings. The van der Waals surface area contributed by atoms with Gasteiger partial charge in [0.25, 0.3) is 0 Å². The Bertz CT molecular complexity index is 369. The first-order valence-corrected chi connectivity index (χ1v) is 3.14. The van der Waals surface area contributed by atoms with Crippen LogP contribution in [0.1, 0.15) is 5.56 Å². The Morgan fingerprint density at radius 2 is 2.45 bits per heavy atom. The van der Waals surface area contributed by atoms with Gasteiger partial charge in [-0.1, -0.05) is 0 Å². The van der Waals surface area contributed by atoms with Crippen LogP contribution >= 0.6 is 0 Å². The van der Waals surface area contributed by atoms with Crippen LogP contribution < -0.4 is 0 Å². The van der Waals surface area contributed by atoms with E-state index in [0.29, 0.717) is 11.2 Å². The number of fused-ring (bicyclic) bond motifs is 1. The third kappa shape index (κ3) is 0.857. The number of rotatable bonds is 1. The Morgan fingerprint density at radius 1 is 1.55 bits per heavy atom. The van der Waals surface area contributed by atoms with Gasteiger partial charge in [0.15, 0.2) is 5.65 Å². The standard InChI is InChI=1S/C6H5N4O/c11-3-5-1-2-8-10-4-7-9-6(5)10/h1-2,4H,3H2. The molecule has 0 aliphatic heterocycles. The third-order valence-electron chi connectivity index (χ3n) is 1.44. The Hall–Kier alpha value is -1.49. The minimum atomic E-state index is -0.287. The van der Waals surface area contributed by atoms with Gasteiger partial charge < -0.3 is 0 Å². The molecule has 0 bridgehead atoms. The minimum absolute atomic E-state index is 0.287. The van der Waals surface area contributed by atoms with Crippen LogP contribution in [0.2, 0.25) is 0 Å². The second-order valence-corrected chi connectivity index (χ2v) is 2.10. The molecule has 11 heavy (non-hydrogen) atoms. The molecule has 55 valence electrons. The number of hydrogen-bond donors (Lipinski definition) is 0. The lowest BCUT2D eigenvalue weighted by atomic mass is 10.3. The van der Waals surface area contributed by atoms with E-state index in [2.05, 4.69) is 15.3 Å². The van der Waals surface area contributed by atoms with E-state index in [1.54, 1.807) is 12.3 Å². The van der Waals surface area contributed by atoms with Crippen molar-refractivity contribution in [3.8, 4) is 0 Å². The summed E-state index contributed by atoms with van der Waals surface area (Å²) in [5.74, 6) is 0. The van der Waals surface area contributed by atoms with Crippen LogP contribution in [-0.4, -0.2) is 19.8 Å². The van der Waals surface area contributed by atoms with E-state index in [-0.39, 0.29) is 6.61 Å². The summed E-state index contributed by atoms with van der Waals surface area (Å²) >= 11 is 0. The van der Waals surface area contributed by atoms with Gasteiger partial charge in [-0.3, -0.25) is 0 Å². The molecule has 2 heterocycles. The zero-order valence-corrected chi connectivity index (χ0v) is 5.64. The second-order valence-electron chi connectivity index (χ2n) is 2.10. The predicted molar refractivity (Wildman–Crippen MR) is 35.2 cm³/mol. The van der Waals surface area contributed by atoms with Gasteiger partial charge in [0.1, 0.15) is 12.9 Å². The molecule has 0 fully saturated rings. The van der Waals surface area contributed by atoms with E-state index in [9.17, 15) is 5.11 Å². The van der Waals surface area contributed by atoms with Crippen molar-refractivity contribution in [2.24, 2.45) is 0 Å². The zero-order chi connectivity index (χ0) is 7.68. The van der Waals surface area contributed by atoms with Crippen molar-refractivity contribution in [3.05, 3.63) is 24.2 Å². The minimum Gasteiger partial charge on any atom is -0.231 e. The van der Waals surface area contributed by atoms with Gasteiger partial charge in [0.05, 0.1) is 0 Å². The van der Waals surface area contributed by atoms with Crippen molar-refractivity contribution >= 4 is 5.65 Å². The first kappa shape index (κ1) is 6.23. The quantitative estimate of drug-likeness (QED) is 0.575. The number of aromatic nitrogens is 4. The first-order chi connectivity index (χ1) is 5.42. The summed E-state index contributed by atoms with van der Waals surface area (Å²) in [6.07, 6.45) is 3.03. The summed E-state index contributed by atoms with van der Waals surface area (Å²) in [5.41, 5.74) is 1.17. The van der Waals surface area contributed by atoms with Crippen LogP contribution in [0.3, 0.4) is 0 Å². The SMILES string of the molecule is [O]Cc1ccnn2cnnc12.